The summed E-state index contributed by atoms with van der Waals surface area (Å²) < 4.78 is 51.6. The van der Waals surface area contributed by atoms with Gasteiger partial charge in [-0.2, -0.15) is 0 Å². The van der Waals surface area contributed by atoms with Crippen LogP contribution in [0.2, 0.25) is 0 Å². The topological polar surface area (TPSA) is 12.0 Å². The Kier molecular flexibility index (Phi) is 4.44. The summed E-state index contributed by atoms with van der Waals surface area (Å²) in [5, 5.41) is 2.13. The highest BCUT2D eigenvalue weighted by molar-refractivity contribution is 6.36. The molecular weight excluding hydrogens is 269 g/mol. The van der Waals surface area contributed by atoms with Crippen molar-refractivity contribution in [3.8, 4) is 0 Å². The van der Waals surface area contributed by atoms with Crippen LogP contribution in [0.1, 0.15) is 0 Å². The average Bonchev–Trinajstić information content (AvgIpc) is 2.26. The maximum atomic E-state index is 13.1. The van der Waals surface area contributed by atoms with Crippen LogP contribution in [0, 0.1) is 23.3 Å². The molecule has 0 saturated heterocycles. The first kappa shape index (κ1) is 13.1. The van der Waals surface area contributed by atoms with Crippen molar-refractivity contribution in [1.29, 1.82) is 0 Å². The van der Waals surface area contributed by atoms with Crippen molar-refractivity contribution in [2.75, 3.05) is 11.9 Å². The Labute approximate surface area is 98.7 Å². The van der Waals surface area contributed by atoms with E-state index in [1.165, 1.54) is 0 Å². The summed E-state index contributed by atoms with van der Waals surface area (Å²) in [4.78, 5) is 0. The van der Waals surface area contributed by atoms with E-state index in [1.807, 2.05) is 0 Å². The van der Waals surface area contributed by atoms with Gasteiger partial charge in [0.15, 0.2) is 23.3 Å². The Morgan fingerprint density at radius 3 is 2.12 bits per heavy atom. The summed E-state index contributed by atoms with van der Waals surface area (Å²) in [5.74, 6) is -6.02. The third-order valence-electron chi connectivity index (χ3n) is 1.66. The summed E-state index contributed by atoms with van der Waals surface area (Å²) >= 11 is 10.6. The first-order chi connectivity index (χ1) is 7.47. The Morgan fingerprint density at radius 1 is 1.19 bits per heavy atom. The molecule has 0 saturated carbocycles. The van der Waals surface area contributed by atoms with E-state index < -0.39 is 29.0 Å². The molecule has 0 aliphatic heterocycles. The molecule has 1 rings (SSSR count). The Morgan fingerprint density at radius 2 is 1.69 bits per heavy atom. The van der Waals surface area contributed by atoms with Crippen LogP contribution >= 0.6 is 23.2 Å². The van der Waals surface area contributed by atoms with Crippen LogP contribution < -0.4 is 5.32 Å². The van der Waals surface area contributed by atoms with E-state index in [4.69, 9.17) is 23.2 Å². The number of anilines is 1. The summed E-state index contributed by atoms with van der Waals surface area (Å²) in [6, 6.07) is 0.120. The lowest BCUT2D eigenvalue weighted by Crippen LogP contribution is -2.08. The molecule has 1 aromatic rings. The molecule has 0 spiro atoms. The van der Waals surface area contributed by atoms with Crippen LogP contribution in [-0.4, -0.2) is 6.54 Å². The first-order valence-electron chi connectivity index (χ1n) is 3.99. The van der Waals surface area contributed by atoms with E-state index in [-0.39, 0.29) is 17.6 Å². The lowest BCUT2D eigenvalue weighted by atomic mass is 10.2. The van der Waals surface area contributed by atoms with Gasteiger partial charge < -0.3 is 5.32 Å². The summed E-state index contributed by atoms with van der Waals surface area (Å²) in [5.41, 5.74) is 0.0363. The number of hydrogen-bond acceptors (Lipinski definition) is 1. The highest BCUT2D eigenvalue weighted by Gasteiger charge is 2.18. The standard InChI is InChI=1S/C9H5Cl2F4N/c10-2-4(11)3-16-9-7(14)5(12)1-6(13)8(9)15/h1-2,16H,3H2/b4-2-. The molecule has 0 radical (unpaired) electrons. The second-order valence-corrected chi connectivity index (χ2v) is 3.46. The molecule has 0 amide bonds. The van der Waals surface area contributed by atoms with Crippen LogP contribution in [0.3, 0.4) is 0 Å². The molecule has 1 nitrogen and oxygen atoms in total. The third-order valence-corrected chi connectivity index (χ3v) is 2.28. The number of rotatable bonds is 3. The van der Waals surface area contributed by atoms with E-state index in [0.29, 0.717) is 0 Å². The van der Waals surface area contributed by atoms with Gasteiger partial charge in [-0.05, 0) is 0 Å². The largest absolute Gasteiger partial charge is 0.375 e. The number of benzene rings is 1. The molecule has 0 aliphatic rings. The van der Waals surface area contributed by atoms with E-state index in [9.17, 15) is 17.6 Å². The van der Waals surface area contributed by atoms with Crippen LogP contribution in [0.25, 0.3) is 0 Å². The van der Waals surface area contributed by atoms with Crippen LogP contribution in [0.15, 0.2) is 16.6 Å². The van der Waals surface area contributed by atoms with Gasteiger partial charge in [0.25, 0.3) is 0 Å². The van der Waals surface area contributed by atoms with Crippen molar-refractivity contribution in [2.45, 2.75) is 0 Å². The molecule has 0 aromatic heterocycles. The quantitative estimate of drug-likeness (QED) is 0.649. The molecule has 0 unspecified atom stereocenters. The maximum absolute atomic E-state index is 13.1. The SMILES string of the molecule is Fc1cc(F)c(F)c(NC/C(Cl)=C/Cl)c1F. The van der Waals surface area contributed by atoms with Crippen LogP contribution in [0.4, 0.5) is 23.2 Å². The van der Waals surface area contributed by atoms with E-state index in [1.54, 1.807) is 0 Å². The predicted molar refractivity (Wildman–Crippen MR) is 54.6 cm³/mol. The van der Waals surface area contributed by atoms with E-state index in [0.717, 1.165) is 5.54 Å². The van der Waals surface area contributed by atoms with Gasteiger partial charge in [0.05, 0.1) is 6.54 Å². The van der Waals surface area contributed by atoms with E-state index in [2.05, 4.69) is 5.32 Å². The summed E-state index contributed by atoms with van der Waals surface area (Å²) in [6.07, 6.45) is 0. The molecule has 0 aliphatic carbocycles. The first-order valence-corrected chi connectivity index (χ1v) is 4.80. The monoisotopic (exact) mass is 273 g/mol. The zero-order valence-corrected chi connectivity index (χ0v) is 9.14. The second kappa shape index (κ2) is 5.41. The van der Waals surface area contributed by atoms with Crippen molar-refractivity contribution >= 4 is 28.9 Å². The zero-order chi connectivity index (χ0) is 12.3. The smallest absolute Gasteiger partial charge is 0.185 e. The van der Waals surface area contributed by atoms with E-state index >= 15 is 0 Å². The third kappa shape index (κ3) is 2.80. The van der Waals surface area contributed by atoms with Gasteiger partial charge in [0.1, 0.15) is 5.69 Å². The maximum Gasteiger partial charge on any atom is 0.185 e. The van der Waals surface area contributed by atoms with Gasteiger partial charge in [-0.15, -0.1) is 0 Å². The van der Waals surface area contributed by atoms with Gasteiger partial charge >= 0.3 is 0 Å². The predicted octanol–water partition coefficient (Wildman–Crippen LogP) is 3.97. The lowest BCUT2D eigenvalue weighted by molar-refractivity contribution is 0.458. The zero-order valence-electron chi connectivity index (χ0n) is 7.63. The Balaban J connectivity index is 3.03. The minimum atomic E-state index is -1.52. The van der Waals surface area contributed by atoms with Gasteiger partial charge in [0.2, 0.25) is 0 Å². The van der Waals surface area contributed by atoms with Crippen molar-refractivity contribution < 1.29 is 17.6 Å². The molecule has 0 bridgehead atoms. The van der Waals surface area contributed by atoms with Crippen molar-refractivity contribution in [1.82, 2.24) is 0 Å². The highest BCUT2D eigenvalue weighted by Crippen LogP contribution is 2.24. The number of hydrogen-bond donors (Lipinski definition) is 1. The molecule has 7 heteroatoms. The second-order valence-electron chi connectivity index (χ2n) is 2.75. The summed E-state index contributed by atoms with van der Waals surface area (Å²) in [6.45, 7) is -0.248. The molecule has 1 N–H and O–H groups in total. The Bertz CT molecular complexity index is 408. The van der Waals surface area contributed by atoms with Crippen molar-refractivity contribution in [3.63, 3.8) is 0 Å². The Hall–Kier alpha value is -0.940. The molecule has 0 fully saturated rings. The number of halogens is 6. The average molecular weight is 274 g/mol. The van der Waals surface area contributed by atoms with Gasteiger partial charge in [0, 0.05) is 16.6 Å². The molecular formula is C9H5Cl2F4N. The fraction of sp³-hybridized carbons (Fsp3) is 0.111. The van der Waals surface area contributed by atoms with Gasteiger partial charge in [-0.3, -0.25) is 0 Å². The van der Waals surface area contributed by atoms with Crippen LogP contribution in [0.5, 0.6) is 0 Å². The lowest BCUT2D eigenvalue weighted by Gasteiger charge is -2.08. The molecule has 88 valence electrons. The van der Waals surface area contributed by atoms with Gasteiger partial charge in [-0.1, -0.05) is 23.2 Å². The molecule has 16 heavy (non-hydrogen) atoms. The molecule has 0 heterocycles. The van der Waals surface area contributed by atoms with Crippen molar-refractivity contribution in [3.05, 3.63) is 39.9 Å². The summed E-state index contributed by atoms with van der Waals surface area (Å²) in [7, 11) is 0. The van der Waals surface area contributed by atoms with Crippen molar-refractivity contribution in [2.24, 2.45) is 0 Å². The highest BCUT2D eigenvalue weighted by atomic mass is 35.5. The minimum Gasteiger partial charge on any atom is -0.375 e. The van der Waals surface area contributed by atoms with Gasteiger partial charge in [-0.25, -0.2) is 17.6 Å². The fourth-order valence-electron chi connectivity index (χ4n) is 0.940. The number of nitrogens with one attached hydrogen (secondary N) is 1. The molecule has 1 aromatic carbocycles. The molecule has 0 atom stereocenters. The normalized spacial score (nSPS) is 11.8. The minimum absolute atomic E-state index is 0.0325. The fourth-order valence-corrected chi connectivity index (χ4v) is 1.08. The van der Waals surface area contributed by atoms with Crippen LogP contribution in [-0.2, 0) is 0 Å².